The maximum Gasteiger partial charge on any atom is 0.145 e. The average Bonchev–Trinajstić information content (AvgIpc) is 3.26. The highest BCUT2D eigenvalue weighted by Gasteiger charge is 2.20. The second-order valence-corrected chi connectivity index (χ2v) is 9.75. The lowest BCUT2D eigenvalue weighted by atomic mass is 9.91. The highest BCUT2D eigenvalue weighted by atomic mass is 15.0. The number of nitrogens with two attached hydrogens (primary N) is 1. The molecule has 0 unspecified atom stereocenters. The summed E-state index contributed by atoms with van der Waals surface area (Å²) in [6, 6.07) is 21.3. The summed E-state index contributed by atoms with van der Waals surface area (Å²) in [4.78, 5) is 9.44. The zero-order valence-corrected chi connectivity index (χ0v) is 20.3. The number of anilines is 1. The molecule has 0 amide bonds. The fraction of sp³-hybridized carbons (Fsp3) is 0.233. The van der Waals surface area contributed by atoms with Crippen molar-refractivity contribution in [2.75, 3.05) is 5.32 Å². The molecule has 6 nitrogen and oxygen atoms in total. The predicted octanol–water partition coefficient (Wildman–Crippen LogP) is 6.10. The van der Waals surface area contributed by atoms with Crippen LogP contribution in [0.4, 0.5) is 5.69 Å². The number of nitriles is 1. The molecule has 2 aromatic carbocycles. The Kier molecular flexibility index (Phi) is 5.63. The molecule has 36 heavy (non-hydrogen) atoms. The van der Waals surface area contributed by atoms with Gasteiger partial charge in [-0.05, 0) is 80.1 Å². The minimum absolute atomic E-state index is 0.289. The van der Waals surface area contributed by atoms with Crippen molar-refractivity contribution in [3.8, 4) is 22.9 Å². The molecule has 3 N–H and O–H groups in total. The first-order chi connectivity index (χ1) is 17.6. The molecule has 5 aromatic rings. The second kappa shape index (κ2) is 9.10. The number of nitrogens with zero attached hydrogens (tertiary/aromatic N) is 4. The molecule has 3 aromatic heterocycles. The molecule has 0 aliphatic heterocycles. The van der Waals surface area contributed by atoms with Crippen molar-refractivity contribution in [2.45, 2.75) is 44.7 Å². The fourth-order valence-electron chi connectivity index (χ4n) is 5.38. The lowest BCUT2D eigenvalue weighted by Crippen LogP contribution is -2.33. The average molecular weight is 473 g/mol. The third kappa shape index (κ3) is 3.98. The number of pyridine rings is 2. The topological polar surface area (TPSA) is 92.5 Å². The largest absolute Gasteiger partial charge is 0.381 e. The first-order valence-electron chi connectivity index (χ1n) is 12.5. The van der Waals surface area contributed by atoms with Crippen LogP contribution in [0.25, 0.3) is 38.8 Å². The van der Waals surface area contributed by atoms with Gasteiger partial charge >= 0.3 is 0 Å². The van der Waals surface area contributed by atoms with Crippen LogP contribution >= 0.6 is 0 Å². The Morgan fingerprint density at radius 2 is 1.86 bits per heavy atom. The zero-order chi connectivity index (χ0) is 24.6. The minimum atomic E-state index is 0.289. The smallest absolute Gasteiger partial charge is 0.145 e. The third-order valence-corrected chi connectivity index (χ3v) is 7.31. The van der Waals surface area contributed by atoms with E-state index in [4.69, 9.17) is 10.7 Å². The zero-order valence-electron chi connectivity index (χ0n) is 20.3. The predicted molar refractivity (Wildman–Crippen MR) is 145 cm³/mol. The molecule has 1 fully saturated rings. The van der Waals surface area contributed by atoms with E-state index in [1.165, 1.54) is 0 Å². The van der Waals surface area contributed by atoms with E-state index >= 15 is 0 Å². The third-order valence-electron chi connectivity index (χ3n) is 7.31. The van der Waals surface area contributed by atoms with Crippen LogP contribution in [-0.2, 0) is 0 Å². The van der Waals surface area contributed by atoms with E-state index in [9.17, 15) is 5.26 Å². The molecule has 6 heteroatoms. The van der Waals surface area contributed by atoms with Gasteiger partial charge in [-0.2, -0.15) is 5.26 Å². The van der Waals surface area contributed by atoms with Gasteiger partial charge in [-0.1, -0.05) is 18.2 Å². The van der Waals surface area contributed by atoms with E-state index < -0.39 is 0 Å². The van der Waals surface area contributed by atoms with Crippen molar-refractivity contribution in [1.82, 2.24) is 14.5 Å². The van der Waals surface area contributed by atoms with E-state index in [1.54, 1.807) is 0 Å². The quantitative estimate of drug-likeness (QED) is 0.330. The van der Waals surface area contributed by atoms with Crippen molar-refractivity contribution in [3.05, 3.63) is 84.3 Å². The molecule has 0 bridgehead atoms. The molecule has 6 rings (SSSR count). The molecule has 1 saturated carbocycles. The van der Waals surface area contributed by atoms with Gasteiger partial charge < -0.3 is 15.6 Å². The normalized spacial score (nSPS) is 17.8. The molecule has 0 saturated heterocycles. The maximum atomic E-state index is 9.73. The molecule has 178 valence electrons. The lowest BCUT2D eigenvalue weighted by molar-refractivity contribution is 0.411. The fourth-order valence-corrected chi connectivity index (χ4v) is 5.38. The Bertz CT molecular complexity index is 1620. The summed E-state index contributed by atoms with van der Waals surface area (Å²) >= 11 is 0. The maximum absolute atomic E-state index is 9.73. The molecule has 3 heterocycles. The van der Waals surface area contributed by atoms with E-state index in [0.717, 1.165) is 75.7 Å². The lowest BCUT2D eigenvalue weighted by Gasteiger charge is -2.28. The minimum Gasteiger partial charge on any atom is -0.381 e. The first-order valence-corrected chi connectivity index (χ1v) is 12.5. The summed E-state index contributed by atoms with van der Waals surface area (Å²) in [5, 5.41) is 15.6. The molecule has 0 atom stereocenters. The first kappa shape index (κ1) is 22.3. The van der Waals surface area contributed by atoms with Crippen LogP contribution in [0.5, 0.6) is 0 Å². The molecule has 0 spiro atoms. The Labute approximate surface area is 210 Å². The monoisotopic (exact) mass is 472 g/mol. The number of rotatable bonds is 4. The van der Waals surface area contributed by atoms with Crippen LogP contribution < -0.4 is 11.1 Å². The van der Waals surface area contributed by atoms with Gasteiger partial charge in [0, 0.05) is 52.7 Å². The van der Waals surface area contributed by atoms with Gasteiger partial charge in [0.2, 0.25) is 0 Å². The van der Waals surface area contributed by atoms with Gasteiger partial charge in [0.15, 0.2) is 0 Å². The van der Waals surface area contributed by atoms with Crippen molar-refractivity contribution in [3.63, 3.8) is 0 Å². The van der Waals surface area contributed by atoms with Crippen LogP contribution in [0.2, 0.25) is 0 Å². The summed E-state index contributed by atoms with van der Waals surface area (Å²) in [6.07, 6.45) is 9.98. The van der Waals surface area contributed by atoms with Crippen molar-refractivity contribution in [1.29, 1.82) is 5.26 Å². The van der Waals surface area contributed by atoms with Gasteiger partial charge in [-0.15, -0.1) is 0 Å². The van der Waals surface area contributed by atoms with Gasteiger partial charge in [0.05, 0.1) is 16.8 Å². The Balaban J connectivity index is 1.42. The summed E-state index contributed by atoms with van der Waals surface area (Å²) in [7, 11) is 0. The summed E-state index contributed by atoms with van der Waals surface area (Å²) in [5.74, 6) is 0. The van der Waals surface area contributed by atoms with E-state index in [-0.39, 0.29) is 6.04 Å². The number of nitrogens with one attached hydrogen (secondary N) is 1. The van der Waals surface area contributed by atoms with Crippen LogP contribution in [0.1, 0.15) is 36.8 Å². The molecular formula is C30H28N6. The number of aryl methyl sites for hydroxylation is 1. The highest BCUT2D eigenvalue weighted by Crippen LogP contribution is 2.34. The number of hydrogen-bond donors (Lipinski definition) is 2. The van der Waals surface area contributed by atoms with Crippen LogP contribution in [0.3, 0.4) is 0 Å². The number of aromatic nitrogens is 3. The molecule has 0 radical (unpaired) electrons. The van der Waals surface area contributed by atoms with Crippen LogP contribution in [-0.4, -0.2) is 26.6 Å². The Morgan fingerprint density at radius 1 is 1.03 bits per heavy atom. The highest BCUT2D eigenvalue weighted by molar-refractivity contribution is 5.98. The van der Waals surface area contributed by atoms with Gasteiger partial charge in [0.1, 0.15) is 11.7 Å². The standard InChI is InChI=1S/C30H28N6/c1-19-18-36(25-11-6-21(16-31)28(15-25)35-24-9-7-23(32)8-10-24)30-29(19)26(12-13-33-30)22-14-20-4-2-3-5-27(20)34-17-22/h2-6,11-15,17-18,23-24,35H,7-10,32H2,1H3. The van der Waals surface area contributed by atoms with Gasteiger partial charge in [0.25, 0.3) is 0 Å². The number of fused-ring (bicyclic) bond motifs is 2. The van der Waals surface area contributed by atoms with Crippen molar-refractivity contribution >= 4 is 27.6 Å². The van der Waals surface area contributed by atoms with Gasteiger partial charge in [-0.3, -0.25) is 4.98 Å². The van der Waals surface area contributed by atoms with Crippen LogP contribution in [0, 0.1) is 18.3 Å². The summed E-state index contributed by atoms with van der Waals surface area (Å²) in [5.41, 5.74) is 13.8. The molecular weight excluding hydrogens is 444 g/mol. The Morgan fingerprint density at radius 3 is 2.69 bits per heavy atom. The number of para-hydroxylation sites is 1. The second-order valence-electron chi connectivity index (χ2n) is 9.75. The SMILES string of the molecule is Cc1cn(-c2ccc(C#N)c(NC3CCC(N)CC3)c2)c2nccc(-c3cnc4ccccc4c3)c12. The van der Waals surface area contributed by atoms with Crippen molar-refractivity contribution in [2.24, 2.45) is 5.73 Å². The van der Waals surface area contributed by atoms with Crippen molar-refractivity contribution < 1.29 is 0 Å². The molecule has 1 aliphatic rings. The van der Waals surface area contributed by atoms with E-state index in [2.05, 4.69) is 58.3 Å². The Hall–Kier alpha value is -4.21. The summed E-state index contributed by atoms with van der Waals surface area (Å²) in [6.45, 7) is 2.12. The van der Waals surface area contributed by atoms with Crippen LogP contribution in [0.15, 0.2) is 73.2 Å². The molecule has 1 aliphatic carbocycles. The number of hydrogen-bond acceptors (Lipinski definition) is 5. The number of benzene rings is 2. The summed E-state index contributed by atoms with van der Waals surface area (Å²) < 4.78 is 2.12. The van der Waals surface area contributed by atoms with E-state index in [0.29, 0.717) is 11.6 Å². The van der Waals surface area contributed by atoms with E-state index in [1.807, 2.05) is 42.7 Å². The van der Waals surface area contributed by atoms with Gasteiger partial charge in [-0.25, -0.2) is 4.98 Å².